The molecular formula is C14H18N6O. The Hall–Kier alpha value is -2.44. The second-order valence-electron chi connectivity index (χ2n) is 5.02. The lowest BCUT2D eigenvalue weighted by Crippen LogP contribution is -2.50. The SMILES string of the molecule is CC(C(=O)N1CCN(c2ncccn2)CC1)n1cccn1. The van der Waals surface area contributed by atoms with Gasteiger partial charge in [-0.05, 0) is 19.1 Å². The Morgan fingerprint density at radius 2 is 1.81 bits per heavy atom. The van der Waals surface area contributed by atoms with Gasteiger partial charge in [-0.1, -0.05) is 0 Å². The van der Waals surface area contributed by atoms with Crippen LogP contribution in [-0.2, 0) is 4.79 Å². The van der Waals surface area contributed by atoms with Crippen LogP contribution >= 0.6 is 0 Å². The van der Waals surface area contributed by atoms with E-state index in [0.717, 1.165) is 19.0 Å². The average Bonchev–Trinajstić information content (AvgIpc) is 3.09. The molecule has 1 amide bonds. The van der Waals surface area contributed by atoms with Crippen LogP contribution in [0.3, 0.4) is 0 Å². The highest BCUT2D eigenvalue weighted by Crippen LogP contribution is 2.14. The molecular weight excluding hydrogens is 268 g/mol. The van der Waals surface area contributed by atoms with Gasteiger partial charge in [-0.2, -0.15) is 5.10 Å². The maximum Gasteiger partial charge on any atom is 0.247 e. The summed E-state index contributed by atoms with van der Waals surface area (Å²) < 4.78 is 1.69. The second kappa shape index (κ2) is 5.90. The van der Waals surface area contributed by atoms with Crippen molar-refractivity contribution in [2.75, 3.05) is 31.1 Å². The number of carbonyl (C=O) groups excluding carboxylic acids is 1. The Morgan fingerprint density at radius 1 is 1.10 bits per heavy atom. The number of hydrogen-bond acceptors (Lipinski definition) is 5. The lowest BCUT2D eigenvalue weighted by Gasteiger charge is -2.35. The van der Waals surface area contributed by atoms with Crippen molar-refractivity contribution in [3.63, 3.8) is 0 Å². The van der Waals surface area contributed by atoms with Gasteiger partial charge in [-0.25, -0.2) is 9.97 Å². The van der Waals surface area contributed by atoms with Crippen LogP contribution < -0.4 is 4.90 Å². The molecule has 1 unspecified atom stereocenters. The first-order valence-electron chi connectivity index (χ1n) is 7.05. The summed E-state index contributed by atoms with van der Waals surface area (Å²) in [6.07, 6.45) is 6.98. The smallest absolute Gasteiger partial charge is 0.247 e. The largest absolute Gasteiger partial charge is 0.337 e. The van der Waals surface area contributed by atoms with E-state index in [1.807, 2.05) is 24.1 Å². The third-order valence-corrected chi connectivity index (χ3v) is 3.71. The fraction of sp³-hybridized carbons (Fsp3) is 0.429. The maximum absolute atomic E-state index is 12.5. The summed E-state index contributed by atoms with van der Waals surface area (Å²) in [6, 6.07) is 3.36. The van der Waals surface area contributed by atoms with Gasteiger partial charge in [0.2, 0.25) is 11.9 Å². The lowest BCUT2D eigenvalue weighted by molar-refractivity contribution is -0.134. The molecule has 0 saturated carbocycles. The standard InChI is InChI=1S/C14H18N6O/c1-12(20-7-3-6-17-20)13(21)18-8-10-19(11-9-18)14-15-4-2-5-16-14/h2-7,12H,8-11H2,1H3. The molecule has 0 aromatic carbocycles. The van der Waals surface area contributed by atoms with E-state index < -0.39 is 0 Å². The number of aromatic nitrogens is 4. The highest BCUT2D eigenvalue weighted by atomic mass is 16.2. The zero-order valence-electron chi connectivity index (χ0n) is 12.0. The number of amides is 1. The van der Waals surface area contributed by atoms with Crippen LogP contribution in [0.1, 0.15) is 13.0 Å². The summed E-state index contributed by atoms with van der Waals surface area (Å²) in [5, 5.41) is 4.13. The second-order valence-corrected chi connectivity index (χ2v) is 5.02. The van der Waals surface area contributed by atoms with E-state index in [2.05, 4.69) is 20.0 Å². The zero-order valence-corrected chi connectivity index (χ0v) is 12.0. The lowest BCUT2D eigenvalue weighted by atomic mass is 10.2. The molecule has 0 N–H and O–H groups in total. The number of carbonyl (C=O) groups is 1. The Kier molecular flexibility index (Phi) is 3.81. The Morgan fingerprint density at radius 3 is 2.43 bits per heavy atom. The van der Waals surface area contributed by atoms with Crippen LogP contribution in [0.5, 0.6) is 0 Å². The topological polar surface area (TPSA) is 67.2 Å². The molecule has 2 aromatic rings. The zero-order chi connectivity index (χ0) is 14.7. The van der Waals surface area contributed by atoms with E-state index in [4.69, 9.17) is 0 Å². The first-order valence-corrected chi connectivity index (χ1v) is 7.05. The average molecular weight is 286 g/mol. The van der Waals surface area contributed by atoms with E-state index in [0.29, 0.717) is 13.1 Å². The predicted molar refractivity (Wildman–Crippen MR) is 77.8 cm³/mol. The summed E-state index contributed by atoms with van der Waals surface area (Å²) in [7, 11) is 0. The first kappa shape index (κ1) is 13.5. The van der Waals surface area contributed by atoms with E-state index in [9.17, 15) is 4.79 Å². The summed E-state index contributed by atoms with van der Waals surface area (Å²) in [6.45, 7) is 4.75. The molecule has 3 heterocycles. The molecule has 1 aliphatic heterocycles. The van der Waals surface area contributed by atoms with Crippen LogP contribution in [0.25, 0.3) is 0 Å². The summed E-state index contributed by atoms with van der Waals surface area (Å²) in [5.41, 5.74) is 0. The van der Waals surface area contributed by atoms with E-state index in [-0.39, 0.29) is 11.9 Å². The van der Waals surface area contributed by atoms with Crippen LogP contribution in [0.15, 0.2) is 36.9 Å². The van der Waals surface area contributed by atoms with Gasteiger partial charge in [-0.15, -0.1) is 0 Å². The minimum Gasteiger partial charge on any atom is -0.337 e. The minimum absolute atomic E-state index is 0.104. The van der Waals surface area contributed by atoms with Crippen molar-refractivity contribution in [2.24, 2.45) is 0 Å². The number of piperazine rings is 1. The summed E-state index contributed by atoms with van der Waals surface area (Å²) >= 11 is 0. The normalized spacial score (nSPS) is 16.8. The monoisotopic (exact) mass is 286 g/mol. The number of hydrogen-bond donors (Lipinski definition) is 0. The van der Waals surface area contributed by atoms with Crippen LogP contribution in [-0.4, -0.2) is 56.7 Å². The van der Waals surface area contributed by atoms with Crippen molar-refractivity contribution in [3.05, 3.63) is 36.9 Å². The van der Waals surface area contributed by atoms with Gasteiger partial charge in [0.15, 0.2) is 0 Å². The fourth-order valence-electron chi connectivity index (χ4n) is 2.47. The molecule has 0 spiro atoms. The highest BCUT2D eigenvalue weighted by molar-refractivity contribution is 5.80. The Bertz CT molecular complexity index is 577. The minimum atomic E-state index is -0.264. The molecule has 0 radical (unpaired) electrons. The van der Waals surface area contributed by atoms with Gasteiger partial charge >= 0.3 is 0 Å². The molecule has 0 aliphatic carbocycles. The molecule has 21 heavy (non-hydrogen) atoms. The molecule has 1 atom stereocenters. The predicted octanol–water partition coefficient (Wildman–Crippen LogP) is 0.583. The van der Waals surface area contributed by atoms with Crippen molar-refractivity contribution in [3.8, 4) is 0 Å². The number of rotatable bonds is 3. The Labute approximate surface area is 123 Å². The van der Waals surface area contributed by atoms with Gasteiger partial charge in [0.1, 0.15) is 6.04 Å². The highest BCUT2D eigenvalue weighted by Gasteiger charge is 2.26. The fourth-order valence-corrected chi connectivity index (χ4v) is 2.47. The van der Waals surface area contributed by atoms with Crippen molar-refractivity contribution in [1.82, 2.24) is 24.6 Å². The van der Waals surface area contributed by atoms with Gasteiger partial charge in [0, 0.05) is 51.0 Å². The maximum atomic E-state index is 12.5. The van der Waals surface area contributed by atoms with Gasteiger partial charge < -0.3 is 9.80 Å². The molecule has 2 aromatic heterocycles. The van der Waals surface area contributed by atoms with Crippen LogP contribution in [0, 0.1) is 0 Å². The Balaban J connectivity index is 1.59. The molecule has 7 heteroatoms. The summed E-state index contributed by atoms with van der Waals surface area (Å²) in [4.78, 5) is 24.9. The molecule has 3 rings (SSSR count). The molecule has 7 nitrogen and oxygen atoms in total. The number of anilines is 1. The van der Waals surface area contributed by atoms with Gasteiger partial charge in [0.05, 0.1) is 0 Å². The summed E-state index contributed by atoms with van der Waals surface area (Å²) in [5.74, 6) is 0.831. The van der Waals surface area contributed by atoms with Crippen LogP contribution in [0.2, 0.25) is 0 Å². The van der Waals surface area contributed by atoms with Crippen molar-refractivity contribution in [1.29, 1.82) is 0 Å². The molecule has 1 saturated heterocycles. The van der Waals surface area contributed by atoms with E-state index >= 15 is 0 Å². The van der Waals surface area contributed by atoms with E-state index in [1.165, 1.54) is 0 Å². The number of nitrogens with zero attached hydrogens (tertiary/aromatic N) is 6. The van der Waals surface area contributed by atoms with Gasteiger partial charge in [-0.3, -0.25) is 9.48 Å². The van der Waals surface area contributed by atoms with E-state index in [1.54, 1.807) is 29.3 Å². The molecule has 1 aliphatic rings. The van der Waals surface area contributed by atoms with Crippen molar-refractivity contribution >= 4 is 11.9 Å². The first-order chi connectivity index (χ1) is 10.3. The van der Waals surface area contributed by atoms with Crippen LogP contribution in [0.4, 0.5) is 5.95 Å². The third kappa shape index (κ3) is 2.86. The van der Waals surface area contributed by atoms with Gasteiger partial charge in [0.25, 0.3) is 0 Å². The van der Waals surface area contributed by atoms with Crippen molar-refractivity contribution < 1.29 is 4.79 Å². The molecule has 1 fully saturated rings. The quantitative estimate of drug-likeness (QED) is 0.826. The third-order valence-electron chi connectivity index (χ3n) is 3.71. The molecule has 0 bridgehead atoms. The van der Waals surface area contributed by atoms with Crippen molar-refractivity contribution in [2.45, 2.75) is 13.0 Å². The molecule has 110 valence electrons.